The van der Waals surface area contributed by atoms with Gasteiger partial charge < -0.3 is 14.4 Å². The Labute approximate surface area is 225 Å². The lowest BCUT2D eigenvalue weighted by Crippen LogP contribution is -2.41. The third-order valence-corrected chi connectivity index (χ3v) is 8.81. The van der Waals surface area contributed by atoms with E-state index in [4.69, 9.17) is 31.0 Å². The van der Waals surface area contributed by atoms with Crippen molar-refractivity contribution in [2.75, 3.05) is 44.9 Å². The van der Waals surface area contributed by atoms with E-state index in [2.05, 4.69) is 4.90 Å². The fraction of sp³-hybridized carbons (Fsp3) is 0.360. The number of halogens is 1. The monoisotopic (exact) mass is 559 g/mol. The summed E-state index contributed by atoms with van der Waals surface area (Å²) in [6.45, 7) is 2.55. The van der Waals surface area contributed by atoms with Crippen molar-refractivity contribution in [2.24, 2.45) is 0 Å². The molecule has 2 aliphatic heterocycles. The predicted molar refractivity (Wildman–Crippen MR) is 140 cm³/mol. The van der Waals surface area contributed by atoms with Gasteiger partial charge in [0.1, 0.15) is 22.4 Å². The Hall–Kier alpha value is -3.32. The normalized spacial score (nSPS) is 16.2. The molecule has 0 saturated carbocycles. The highest BCUT2D eigenvalue weighted by molar-refractivity contribution is 7.89. The van der Waals surface area contributed by atoms with E-state index in [1.165, 1.54) is 16.4 Å². The number of aromatic nitrogens is 2. The van der Waals surface area contributed by atoms with Crippen molar-refractivity contribution < 1.29 is 22.8 Å². The lowest BCUT2D eigenvalue weighted by Gasteiger charge is -2.34. The van der Waals surface area contributed by atoms with Crippen LogP contribution in [0.5, 0.6) is 5.75 Å². The predicted octanol–water partition coefficient (Wildman–Crippen LogP) is 3.22. The molecule has 3 heterocycles. The molecule has 3 aromatic rings. The van der Waals surface area contributed by atoms with Crippen molar-refractivity contribution in [1.82, 2.24) is 14.3 Å². The van der Waals surface area contributed by atoms with Crippen molar-refractivity contribution in [3.05, 3.63) is 80.2 Å². The molecule has 2 aliphatic rings. The minimum Gasteiger partial charge on any atom is -0.496 e. The topological polar surface area (TPSA) is 128 Å². The van der Waals surface area contributed by atoms with E-state index in [0.29, 0.717) is 50.8 Å². The lowest BCUT2D eigenvalue weighted by molar-refractivity contribution is -0.384. The third kappa shape index (κ3) is 5.17. The number of rotatable bonds is 7. The number of hydrogen-bond acceptors (Lipinski definition) is 9. The van der Waals surface area contributed by atoms with E-state index >= 15 is 0 Å². The van der Waals surface area contributed by atoms with Gasteiger partial charge in [0.25, 0.3) is 5.69 Å². The first-order chi connectivity index (χ1) is 18.3. The average Bonchev–Trinajstić information content (AvgIpc) is 2.93. The molecule has 0 radical (unpaired) electrons. The molecule has 0 aliphatic carbocycles. The summed E-state index contributed by atoms with van der Waals surface area (Å²) < 4.78 is 39.4. The number of benzene rings is 2. The second-order valence-corrected chi connectivity index (χ2v) is 11.3. The number of para-hydroxylation sites is 1. The van der Waals surface area contributed by atoms with Crippen LogP contribution in [-0.4, -0.2) is 67.6 Å². The van der Waals surface area contributed by atoms with Crippen LogP contribution >= 0.6 is 11.6 Å². The number of hydrogen-bond donors (Lipinski definition) is 0. The van der Waals surface area contributed by atoms with Crippen molar-refractivity contribution in [2.45, 2.75) is 24.3 Å². The zero-order valence-electron chi connectivity index (χ0n) is 20.7. The van der Waals surface area contributed by atoms with E-state index in [1.54, 1.807) is 7.11 Å². The summed E-state index contributed by atoms with van der Waals surface area (Å²) in [5.41, 5.74) is 2.02. The zero-order valence-corrected chi connectivity index (χ0v) is 22.2. The Bertz CT molecular complexity index is 1480. The first kappa shape index (κ1) is 26.3. The average molecular weight is 560 g/mol. The van der Waals surface area contributed by atoms with Crippen LogP contribution in [0.3, 0.4) is 0 Å². The van der Waals surface area contributed by atoms with Crippen molar-refractivity contribution >= 4 is 33.1 Å². The highest BCUT2D eigenvalue weighted by atomic mass is 35.5. The van der Waals surface area contributed by atoms with Crippen LogP contribution in [0.15, 0.2) is 47.4 Å². The largest absolute Gasteiger partial charge is 0.496 e. The molecular weight excluding hydrogens is 534 g/mol. The molecule has 1 fully saturated rings. The van der Waals surface area contributed by atoms with Crippen LogP contribution < -0.4 is 9.64 Å². The summed E-state index contributed by atoms with van der Waals surface area (Å²) >= 11 is 5.90. The third-order valence-electron chi connectivity index (χ3n) is 6.65. The van der Waals surface area contributed by atoms with Gasteiger partial charge in [-0.3, -0.25) is 10.1 Å². The smallest absolute Gasteiger partial charge is 0.289 e. The first-order valence-corrected chi connectivity index (χ1v) is 13.9. The van der Waals surface area contributed by atoms with Gasteiger partial charge in [0.2, 0.25) is 10.0 Å². The van der Waals surface area contributed by atoms with Gasteiger partial charge in [0, 0.05) is 56.2 Å². The van der Waals surface area contributed by atoms with Gasteiger partial charge >= 0.3 is 0 Å². The van der Waals surface area contributed by atoms with E-state index in [1.807, 2.05) is 24.3 Å². The molecule has 0 atom stereocenters. The second kappa shape index (κ2) is 10.8. The summed E-state index contributed by atoms with van der Waals surface area (Å²) in [5.74, 6) is 2.06. The van der Waals surface area contributed by atoms with Gasteiger partial charge in [0.05, 0.1) is 35.8 Å². The lowest BCUT2D eigenvalue weighted by atomic mass is 10.1. The van der Waals surface area contributed by atoms with Gasteiger partial charge in [0.15, 0.2) is 0 Å². The Morgan fingerprint density at radius 2 is 1.89 bits per heavy atom. The van der Waals surface area contributed by atoms with E-state index in [9.17, 15) is 18.5 Å². The number of morpholine rings is 1. The van der Waals surface area contributed by atoms with Crippen LogP contribution in [0.25, 0.3) is 0 Å². The number of ether oxygens (including phenoxy) is 2. The van der Waals surface area contributed by atoms with Crippen LogP contribution in [0.2, 0.25) is 5.02 Å². The molecule has 0 spiro atoms. The highest BCUT2D eigenvalue weighted by Gasteiger charge is 2.34. The van der Waals surface area contributed by atoms with Gasteiger partial charge in [-0.05, 0) is 18.2 Å². The highest BCUT2D eigenvalue weighted by Crippen LogP contribution is 2.33. The van der Waals surface area contributed by atoms with E-state index < -0.39 is 20.6 Å². The molecular formula is C25H26ClN5O6S. The van der Waals surface area contributed by atoms with Gasteiger partial charge in [-0.25, -0.2) is 18.4 Å². The zero-order chi connectivity index (χ0) is 26.9. The Kier molecular flexibility index (Phi) is 7.48. The Balaban J connectivity index is 1.51. The SMILES string of the molecule is COc1ccccc1Cc1nc2c(c(N3CCOCC3)n1)CN(S(=O)(=O)c1ccc(Cl)c([N+](=O)[O-])c1)CC2. The minimum atomic E-state index is -4.04. The molecule has 0 amide bonds. The molecule has 1 aromatic heterocycles. The molecule has 0 N–H and O–H groups in total. The van der Waals surface area contributed by atoms with Crippen LogP contribution in [0, 0.1) is 10.1 Å². The van der Waals surface area contributed by atoms with Crippen molar-refractivity contribution in [3.8, 4) is 5.75 Å². The van der Waals surface area contributed by atoms with E-state index in [0.717, 1.165) is 28.6 Å². The number of nitro groups is 1. The Morgan fingerprint density at radius 1 is 1.13 bits per heavy atom. The maximum Gasteiger partial charge on any atom is 0.289 e. The van der Waals surface area contributed by atoms with Gasteiger partial charge in [-0.15, -0.1) is 0 Å². The number of sulfonamides is 1. The molecule has 11 nitrogen and oxygen atoms in total. The fourth-order valence-corrected chi connectivity index (χ4v) is 6.32. The van der Waals surface area contributed by atoms with Crippen LogP contribution in [0.4, 0.5) is 11.5 Å². The molecule has 2 aromatic carbocycles. The summed E-state index contributed by atoms with van der Waals surface area (Å²) in [5, 5.41) is 11.2. The quantitative estimate of drug-likeness (QED) is 0.316. The van der Waals surface area contributed by atoms with Gasteiger partial charge in [-0.2, -0.15) is 4.31 Å². The molecule has 5 rings (SSSR count). The number of nitro benzene ring substituents is 1. The van der Waals surface area contributed by atoms with Gasteiger partial charge in [-0.1, -0.05) is 29.8 Å². The van der Waals surface area contributed by atoms with Crippen molar-refractivity contribution in [1.29, 1.82) is 0 Å². The molecule has 38 heavy (non-hydrogen) atoms. The molecule has 0 unspecified atom stereocenters. The fourth-order valence-electron chi connectivity index (χ4n) is 4.70. The number of fused-ring (bicyclic) bond motifs is 1. The Morgan fingerprint density at radius 3 is 2.63 bits per heavy atom. The number of anilines is 1. The minimum absolute atomic E-state index is 0.0513. The van der Waals surface area contributed by atoms with Crippen LogP contribution in [-0.2, 0) is 34.1 Å². The molecule has 200 valence electrons. The molecule has 0 bridgehead atoms. The van der Waals surface area contributed by atoms with Crippen LogP contribution in [0.1, 0.15) is 22.6 Å². The maximum atomic E-state index is 13.5. The standard InChI is InChI=1S/C25H26ClN5O6S/c1-36-23-5-3-2-4-17(23)14-24-27-21-8-9-30(16-19(21)25(28-24)29-10-12-37-13-11-29)38(34,35)18-6-7-20(26)22(15-18)31(32)33/h2-7,15H,8-14,16H2,1H3. The summed E-state index contributed by atoms with van der Waals surface area (Å²) in [6.07, 6.45) is 0.841. The molecule has 1 saturated heterocycles. The molecule has 13 heteroatoms. The second-order valence-electron chi connectivity index (χ2n) is 8.94. The van der Waals surface area contributed by atoms with E-state index in [-0.39, 0.29) is 23.0 Å². The maximum absolute atomic E-state index is 13.5. The summed E-state index contributed by atoms with van der Waals surface area (Å²) in [4.78, 5) is 22.3. The van der Waals surface area contributed by atoms with Crippen molar-refractivity contribution in [3.63, 3.8) is 0 Å². The number of methoxy groups -OCH3 is 1. The number of nitrogens with zero attached hydrogens (tertiary/aromatic N) is 5. The summed E-state index contributed by atoms with van der Waals surface area (Å²) in [7, 11) is -2.42. The summed E-state index contributed by atoms with van der Waals surface area (Å²) in [6, 6.07) is 11.2. The first-order valence-electron chi connectivity index (χ1n) is 12.1.